The molecule has 15 heavy (non-hydrogen) atoms. The van der Waals surface area contributed by atoms with Crippen molar-refractivity contribution in [2.24, 2.45) is 5.92 Å². The predicted molar refractivity (Wildman–Crippen MR) is 62.9 cm³/mol. The number of nitrogens with zero attached hydrogens (tertiary/aromatic N) is 2. The van der Waals surface area contributed by atoms with Crippen molar-refractivity contribution < 1.29 is 4.39 Å². The smallest absolute Gasteiger partial charge is 0.118 e. The first kappa shape index (κ1) is 12.9. The highest BCUT2D eigenvalue weighted by Gasteiger charge is 2.24. The van der Waals surface area contributed by atoms with E-state index in [-0.39, 0.29) is 0 Å². The molecule has 1 rings (SSSR count). The van der Waals surface area contributed by atoms with Crippen LogP contribution in [0.15, 0.2) is 0 Å². The number of piperazine rings is 1. The van der Waals surface area contributed by atoms with Gasteiger partial charge in [0.05, 0.1) is 0 Å². The lowest BCUT2D eigenvalue weighted by Gasteiger charge is -2.37. The highest BCUT2D eigenvalue weighted by atomic mass is 19.1. The molecule has 1 fully saturated rings. The minimum absolute atomic E-state index is 0.572. The van der Waals surface area contributed by atoms with Crippen LogP contribution < -0.4 is 0 Å². The molecule has 0 aliphatic carbocycles. The Morgan fingerprint density at radius 1 is 1.07 bits per heavy atom. The van der Waals surface area contributed by atoms with Gasteiger partial charge in [-0.25, -0.2) is 4.39 Å². The van der Waals surface area contributed by atoms with Gasteiger partial charge in [0.1, 0.15) is 5.67 Å². The fraction of sp³-hybridized carbons (Fsp3) is 1.00. The van der Waals surface area contributed by atoms with E-state index in [0.29, 0.717) is 6.54 Å². The molecule has 1 aliphatic heterocycles. The third kappa shape index (κ3) is 5.47. The summed E-state index contributed by atoms with van der Waals surface area (Å²) in [7, 11) is 0. The van der Waals surface area contributed by atoms with Crippen molar-refractivity contribution in [3.05, 3.63) is 0 Å². The van der Waals surface area contributed by atoms with Crippen LogP contribution in [0.4, 0.5) is 4.39 Å². The Kier molecular flexibility index (Phi) is 4.53. The molecule has 0 aromatic rings. The summed E-state index contributed by atoms with van der Waals surface area (Å²) in [6.07, 6.45) is 0. The summed E-state index contributed by atoms with van der Waals surface area (Å²) in [5.41, 5.74) is -1.06. The average molecular weight is 216 g/mol. The summed E-state index contributed by atoms with van der Waals surface area (Å²) in [6, 6.07) is 0. The summed E-state index contributed by atoms with van der Waals surface area (Å²) in [4.78, 5) is 4.71. The zero-order valence-corrected chi connectivity index (χ0v) is 10.6. The second-order valence-corrected chi connectivity index (χ2v) is 5.69. The molecule has 90 valence electrons. The van der Waals surface area contributed by atoms with Crippen LogP contribution in [-0.2, 0) is 0 Å². The maximum atomic E-state index is 13.4. The van der Waals surface area contributed by atoms with Gasteiger partial charge in [-0.3, -0.25) is 4.90 Å². The second kappa shape index (κ2) is 5.26. The van der Waals surface area contributed by atoms with E-state index in [1.54, 1.807) is 13.8 Å². The summed E-state index contributed by atoms with van der Waals surface area (Å²) in [5.74, 6) is 0.731. The maximum Gasteiger partial charge on any atom is 0.118 e. The Hall–Kier alpha value is -0.150. The fourth-order valence-electron chi connectivity index (χ4n) is 2.18. The first-order chi connectivity index (χ1) is 6.87. The molecule has 1 heterocycles. The lowest BCUT2D eigenvalue weighted by atomic mass is 10.1. The summed E-state index contributed by atoms with van der Waals surface area (Å²) < 4.78 is 13.4. The van der Waals surface area contributed by atoms with Gasteiger partial charge in [-0.2, -0.15) is 0 Å². The van der Waals surface area contributed by atoms with E-state index in [4.69, 9.17) is 0 Å². The minimum Gasteiger partial charge on any atom is -0.301 e. The van der Waals surface area contributed by atoms with Crippen molar-refractivity contribution in [1.82, 2.24) is 9.80 Å². The van der Waals surface area contributed by atoms with Crippen molar-refractivity contribution in [1.29, 1.82) is 0 Å². The highest BCUT2D eigenvalue weighted by molar-refractivity contribution is 4.78. The summed E-state index contributed by atoms with van der Waals surface area (Å²) in [6.45, 7) is 13.8. The van der Waals surface area contributed by atoms with Crippen molar-refractivity contribution in [2.75, 3.05) is 39.3 Å². The molecule has 1 aliphatic rings. The molecule has 1 saturated heterocycles. The lowest BCUT2D eigenvalue weighted by Crippen LogP contribution is -2.50. The fourth-order valence-corrected chi connectivity index (χ4v) is 2.18. The zero-order chi connectivity index (χ0) is 11.5. The summed E-state index contributed by atoms with van der Waals surface area (Å²) >= 11 is 0. The molecule has 0 N–H and O–H groups in total. The van der Waals surface area contributed by atoms with E-state index in [0.717, 1.165) is 32.1 Å². The predicted octanol–water partition coefficient (Wildman–Crippen LogP) is 2.01. The minimum atomic E-state index is -1.06. The molecule has 0 saturated carbocycles. The lowest BCUT2D eigenvalue weighted by molar-refractivity contribution is 0.0716. The molecule has 0 unspecified atom stereocenters. The Labute approximate surface area is 93.4 Å². The van der Waals surface area contributed by atoms with Gasteiger partial charge in [0, 0.05) is 39.3 Å². The molecule has 3 heteroatoms. The number of halogens is 1. The standard InChI is InChI=1S/C12H25FN2/c1-11(2)9-14-5-7-15(8-6-14)10-12(3,4)13/h11H,5-10H2,1-4H3. The number of hydrogen-bond donors (Lipinski definition) is 0. The Balaban J connectivity index is 2.24. The van der Waals surface area contributed by atoms with Crippen LogP contribution in [0.5, 0.6) is 0 Å². The molecular weight excluding hydrogens is 191 g/mol. The third-order valence-electron chi connectivity index (χ3n) is 2.69. The molecule has 0 aromatic carbocycles. The zero-order valence-electron chi connectivity index (χ0n) is 10.6. The van der Waals surface area contributed by atoms with Crippen molar-refractivity contribution >= 4 is 0 Å². The van der Waals surface area contributed by atoms with Gasteiger partial charge >= 0.3 is 0 Å². The molecule has 0 bridgehead atoms. The number of alkyl halides is 1. The maximum absolute atomic E-state index is 13.4. The van der Waals surface area contributed by atoms with Gasteiger partial charge in [0.2, 0.25) is 0 Å². The average Bonchev–Trinajstić information content (AvgIpc) is 2.05. The molecule has 0 amide bonds. The van der Waals surface area contributed by atoms with E-state index < -0.39 is 5.67 Å². The second-order valence-electron chi connectivity index (χ2n) is 5.69. The van der Waals surface area contributed by atoms with Crippen molar-refractivity contribution in [2.45, 2.75) is 33.4 Å². The van der Waals surface area contributed by atoms with Gasteiger partial charge in [-0.1, -0.05) is 13.8 Å². The van der Waals surface area contributed by atoms with Gasteiger partial charge in [0.25, 0.3) is 0 Å². The Morgan fingerprint density at radius 2 is 1.53 bits per heavy atom. The van der Waals surface area contributed by atoms with Gasteiger partial charge in [-0.15, -0.1) is 0 Å². The quantitative estimate of drug-likeness (QED) is 0.709. The van der Waals surface area contributed by atoms with Crippen LogP contribution in [0.3, 0.4) is 0 Å². The van der Waals surface area contributed by atoms with Crippen LogP contribution in [0.25, 0.3) is 0 Å². The van der Waals surface area contributed by atoms with Crippen LogP contribution >= 0.6 is 0 Å². The van der Waals surface area contributed by atoms with Crippen molar-refractivity contribution in [3.63, 3.8) is 0 Å². The number of rotatable bonds is 4. The van der Waals surface area contributed by atoms with E-state index in [2.05, 4.69) is 23.6 Å². The molecule has 0 aromatic heterocycles. The first-order valence-electron chi connectivity index (χ1n) is 6.00. The third-order valence-corrected chi connectivity index (χ3v) is 2.69. The summed E-state index contributed by atoms with van der Waals surface area (Å²) in [5, 5.41) is 0. The van der Waals surface area contributed by atoms with E-state index >= 15 is 0 Å². The molecule has 0 radical (unpaired) electrons. The highest BCUT2D eigenvalue weighted by Crippen LogP contribution is 2.13. The van der Waals surface area contributed by atoms with Crippen LogP contribution in [0, 0.1) is 5.92 Å². The van der Waals surface area contributed by atoms with Gasteiger partial charge < -0.3 is 4.90 Å². The molecule has 2 nitrogen and oxygen atoms in total. The van der Waals surface area contributed by atoms with Crippen LogP contribution in [-0.4, -0.2) is 54.7 Å². The van der Waals surface area contributed by atoms with Gasteiger partial charge in [0.15, 0.2) is 0 Å². The van der Waals surface area contributed by atoms with Crippen LogP contribution in [0.1, 0.15) is 27.7 Å². The molecular formula is C12H25FN2. The van der Waals surface area contributed by atoms with E-state index in [9.17, 15) is 4.39 Å². The topological polar surface area (TPSA) is 6.48 Å². The SMILES string of the molecule is CC(C)CN1CCN(CC(C)(C)F)CC1. The Morgan fingerprint density at radius 3 is 1.93 bits per heavy atom. The molecule has 0 atom stereocenters. The monoisotopic (exact) mass is 216 g/mol. The van der Waals surface area contributed by atoms with E-state index in [1.165, 1.54) is 6.54 Å². The van der Waals surface area contributed by atoms with Crippen LogP contribution in [0.2, 0.25) is 0 Å². The normalized spacial score (nSPS) is 21.2. The number of hydrogen-bond acceptors (Lipinski definition) is 2. The molecule has 0 spiro atoms. The van der Waals surface area contributed by atoms with Crippen molar-refractivity contribution in [3.8, 4) is 0 Å². The Bertz CT molecular complexity index is 179. The largest absolute Gasteiger partial charge is 0.301 e. The van der Waals surface area contributed by atoms with E-state index in [1.807, 2.05) is 0 Å². The first-order valence-corrected chi connectivity index (χ1v) is 6.00. The van der Waals surface area contributed by atoms with Gasteiger partial charge in [-0.05, 0) is 19.8 Å².